The molecule has 5 nitrogen and oxygen atoms in total. The number of fused-ring (bicyclic) bond motifs is 1. The van der Waals surface area contributed by atoms with Crippen molar-refractivity contribution in [3.63, 3.8) is 0 Å². The largest absolute Gasteiger partial charge is 0.481 e. The number of benzene rings is 3. The van der Waals surface area contributed by atoms with Crippen LogP contribution in [0.2, 0.25) is 0 Å². The molecule has 0 spiro atoms. The van der Waals surface area contributed by atoms with Gasteiger partial charge in [-0.2, -0.15) is 0 Å². The Morgan fingerprint density at radius 1 is 1.06 bits per heavy atom. The first-order valence-electron chi connectivity index (χ1n) is 12.1. The van der Waals surface area contributed by atoms with Crippen LogP contribution in [0.15, 0.2) is 66.7 Å². The predicted octanol–water partition coefficient (Wildman–Crippen LogP) is 6.16. The zero-order valence-corrected chi connectivity index (χ0v) is 20.7. The van der Waals surface area contributed by atoms with E-state index in [0.717, 1.165) is 23.3 Å². The average Bonchev–Trinajstić information content (AvgIpc) is 2.85. The van der Waals surface area contributed by atoms with Crippen molar-refractivity contribution in [1.29, 1.82) is 0 Å². The number of carbonyl (C=O) groups is 1. The highest BCUT2D eigenvalue weighted by Crippen LogP contribution is 2.33. The van der Waals surface area contributed by atoms with Gasteiger partial charge in [-0.05, 0) is 67.3 Å². The van der Waals surface area contributed by atoms with E-state index in [1.165, 1.54) is 10.8 Å². The molecule has 4 rings (SSSR count). The summed E-state index contributed by atoms with van der Waals surface area (Å²) in [6.45, 7) is 7.39. The average molecular weight is 472 g/mol. The Balaban J connectivity index is 1.54. The smallest absolute Gasteiger partial charge is 0.410 e. The molecular weight excluding hydrogens is 438 g/mol. The van der Waals surface area contributed by atoms with Crippen molar-refractivity contribution in [3.8, 4) is 18.1 Å². The Kier molecular flexibility index (Phi) is 7.63. The van der Waals surface area contributed by atoms with Gasteiger partial charge in [0.05, 0.1) is 19.3 Å². The Morgan fingerprint density at radius 2 is 1.86 bits per heavy atom. The van der Waals surface area contributed by atoms with Crippen LogP contribution >= 0.6 is 0 Å². The molecule has 5 heteroatoms. The summed E-state index contributed by atoms with van der Waals surface area (Å²) < 4.78 is 17.8. The third-order valence-corrected chi connectivity index (χ3v) is 6.10. The molecule has 1 amide bonds. The number of ether oxygens (including phenoxy) is 3. The fraction of sp³-hybridized carbons (Fsp3) is 0.367. The number of piperidine rings is 1. The predicted molar refractivity (Wildman–Crippen MR) is 138 cm³/mol. The Labute approximate surface area is 208 Å². The number of amides is 1. The van der Waals surface area contributed by atoms with Crippen molar-refractivity contribution in [2.24, 2.45) is 0 Å². The number of likely N-dealkylation sites (tertiary alicyclic amines) is 1. The lowest BCUT2D eigenvalue weighted by Gasteiger charge is -2.39. The van der Waals surface area contributed by atoms with Gasteiger partial charge in [-0.3, -0.25) is 0 Å². The molecule has 0 aliphatic carbocycles. The highest BCUT2D eigenvalue weighted by atomic mass is 16.6. The molecule has 1 fully saturated rings. The molecule has 1 saturated heterocycles. The van der Waals surface area contributed by atoms with Crippen LogP contribution < -0.4 is 4.74 Å². The van der Waals surface area contributed by atoms with E-state index in [2.05, 4.69) is 42.3 Å². The van der Waals surface area contributed by atoms with E-state index in [1.807, 2.05) is 51.1 Å². The molecule has 3 aromatic rings. The number of terminal acetylenes is 1. The summed E-state index contributed by atoms with van der Waals surface area (Å²) in [4.78, 5) is 14.6. The number of carbonyl (C=O) groups excluding carboxylic acids is 1. The molecule has 3 aromatic carbocycles. The number of nitrogens with zero attached hydrogens (tertiary/aromatic N) is 1. The maximum atomic E-state index is 12.8. The lowest BCUT2D eigenvalue weighted by molar-refractivity contribution is -0.0359. The maximum Gasteiger partial charge on any atom is 0.410 e. The van der Waals surface area contributed by atoms with Gasteiger partial charge in [0, 0.05) is 12.5 Å². The van der Waals surface area contributed by atoms with Crippen molar-refractivity contribution in [2.75, 3.05) is 19.7 Å². The minimum Gasteiger partial charge on any atom is -0.481 e. The molecular formula is C30H33NO4. The van der Waals surface area contributed by atoms with Crippen molar-refractivity contribution in [2.45, 2.75) is 51.4 Å². The van der Waals surface area contributed by atoms with Gasteiger partial charge in [0.25, 0.3) is 0 Å². The molecule has 0 bridgehead atoms. The molecule has 0 saturated carbocycles. The summed E-state index contributed by atoms with van der Waals surface area (Å²) in [6, 6.07) is 22.7. The lowest BCUT2D eigenvalue weighted by Crippen LogP contribution is -2.48. The quantitative estimate of drug-likeness (QED) is 0.404. The summed E-state index contributed by atoms with van der Waals surface area (Å²) in [5.41, 5.74) is 1.67. The van der Waals surface area contributed by atoms with Gasteiger partial charge >= 0.3 is 6.09 Å². The Morgan fingerprint density at radius 3 is 2.63 bits per heavy atom. The van der Waals surface area contributed by atoms with Gasteiger partial charge in [-0.25, -0.2) is 4.79 Å². The third kappa shape index (κ3) is 6.55. The number of rotatable bonds is 6. The van der Waals surface area contributed by atoms with Crippen LogP contribution in [0.5, 0.6) is 5.75 Å². The molecule has 1 heterocycles. The lowest BCUT2D eigenvalue weighted by atomic mass is 9.87. The number of hydrogen-bond acceptors (Lipinski definition) is 4. The van der Waals surface area contributed by atoms with Gasteiger partial charge < -0.3 is 19.1 Å². The molecule has 182 valence electrons. The molecule has 0 N–H and O–H groups in total. The minimum absolute atomic E-state index is 0.114. The van der Waals surface area contributed by atoms with Gasteiger partial charge in [0.15, 0.2) is 0 Å². The summed E-state index contributed by atoms with van der Waals surface area (Å²) in [6.07, 6.45) is 5.62. The molecule has 2 atom stereocenters. The second-order valence-electron chi connectivity index (χ2n) is 9.92. The highest BCUT2D eigenvalue weighted by Gasteiger charge is 2.35. The van der Waals surface area contributed by atoms with E-state index in [9.17, 15) is 4.79 Å². The van der Waals surface area contributed by atoms with E-state index in [-0.39, 0.29) is 24.7 Å². The van der Waals surface area contributed by atoms with E-state index in [1.54, 1.807) is 4.90 Å². The molecule has 1 aliphatic rings. The first-order chi connectivity index (χ1) is 16.8. The Hall–Kier alpha value is -3.49. The summed E-state index contributed by atoms with van der Waals surface area (Å²) in [5, 5.41) is 2.38. The van der Waals surface area contributed by atoms with Gasteiger partial charge in [0.1, 0.15) is 18.0 Å². The van der Waals surface area contributed by atoms with E-state index >= 15 is 0 Å². The zero-order valence-electron chi connectivity index (χ0n) is 20.7. The van der Waals surface area contributed by atoms with Crippen LogP contribution in [-0.4, -0.2) is 42.4 Å². The normalized spacial score (nSPS) is 18.2. The zero-order chi connectivity index (χ0) is 24.8. The van der Waals surface area contributed by atoms with Crippen LogP contribution in [0.4, 0.5) is 4.79 Å². The highest BCUT2D eigenvalue weighted by molar-refractivity contribution is 5.82. The van der Waals surface area contributed by atoms with Gasteiger partial charge in [-0.15, -0.1) is 6.42 Å². The van der Waals surface area contributed by atoms with Crippen molar-refractivity contribution in [1.82, 2.24) is 4.90 Å². The second-order valence-corrected chi connectivity index (χ2v) is 9.92. The van der Waals surface area contributed by atoms with Gasteiger partial charge in [-0.1, -0.05) is 54.5 Å². The SMILES string of the molecule is C#CCOc1cccc(C2CCN(C(=O)OC(C)(C)C)CC2OCc2ccc3ccccc3c2)c1. The maximum absolute atomic E-state index is 12.8. The fourth-order valence-corrected chi connectivity index (χ4v) is 4.45. The molecule has 1 aliphatic heterocycles. The summed E-state index contributed by atoms with van der Waals surface area (Å²) in [5.74, 6) is 3.36. The van der Waals surface area contributed by atoms with Crippen molar-refractivity contribution >= 4 is 16.9 Å². The van der Waals surface area contributed by atoms with Crippen LogP contribution in [0.1, 0.15) is 44.2 Å². The van der Waals surface area contributed by atoms with Crippen molar-refractivity contribution < 1.29 is 19.0 Å². The van der Waals surface area contributed by atoms with E-state index < -0.39 is 5.60 Å². The number of hydrogen-bond donors (Lipinski definition) is 0. The Bertz CT molecular complexity index is 1210. The fourth-order valence-electron chi connectivity index (χ4n) is 4.45. The van der Waals surface area contributed by atoms with Crippen LogP contribution in [0, 0.1) is 12.3 Å². The topological polar surface area (TPSA) is 48.0 Å². The van der Waals surface area contributed by atoms with Gasteiger partial charge in [0.2, 0.25) is 0 Å². The van der Waals surface area contributed by atoms with E-state index in [4.69, 9.17) is 20.6 Å². The molecule has 2 unspecified atom stereocenters. The first kappa shape index (κ1) is 24.6. The molecule has 0 aromatic heterocycles. The molecule has 0 radical (unpaired) electrons. The van der Waals surface area contributed by atoms with Crippen LogP contribution in [-0.2, 0) is 16.1 Å². The van der Waals surface area contributed by atoms with E-state index in [0.29, 0.717) is 19.7 Å². The minimum atomic E-state index is -0.544. The monoisotopic (exact) mass is 471 g/mol. The third-order valence-electron chi connectivity index (χ3n) is 6.10. The molecule has 35 heavy (non-hydrogen) atoms. The summed E-state index contributed by atoms with van der Waals surface area (Å²) in [7, 11) is 0. The standard InChI is InChI=1S/C30H33NO4/c1-5-17-33-26-12-8-11-25(19-26)27-15-16-31(29(32)35-30(2,3)4)20-28(27)34-21-22-13-14-23-9-6-7-10-24(23)18-22/h1,6-14,18-19,27-28H,15-17,20-21H2,2-4H3. The van der Waals surface area contributed by atoms with Crippen LogP contribution in [0.25, 0.3) is 10.8 Å². The first-order valence-corrected chi connectivity index (χ1v) is 12.1. The van der Waals surface area contributed by atoms with Crippen molar-refractivity contribution in [3.05, 3.63) is 77.9 Å². The second kappa shape index (κ2) is 10.8. The summed E-state index contributed by atoms with van der Waals surface area (Å²) >= 11 is 0. The van der Waals surface area contributed by atoms with Crippen LogP contribution in [0.3, 0.4) is 0 Å².